The minimum absolute atomic E-state index is 0.0874. The molecule has 0 radical (unpaired) electrons. The molecule has 0 aromatic carbocycles. The predicted molar refractivity (Wildman–Crippen MR) is 51.0 cm³/mol. The van der Waals surface area contributed by atoms with E-state index in [1.54, 1.807) is 6.92 Å². The number of hydrogen-bond donors (Lipinski definition) is 0. The molecule has 1 spiro atoms. The van der Waals surface area contributed by atoms with Crippen LogP contribution in [0.1, 0.15) is 33.6 Å². The Morgan fingerprint density at radius 2 is 1.79 bits per heavy atom. The van der Waals surface area contributed by atoms with Crippen LogP contribution >= 0.6 is 0 Å². The smallest absolute Gasteiger partial charge is 0.335 e. The van der Waals surface area contributed by atoms with Crippen molar-refractivity contribution in [2.24, 2.45) is 15.6 Å². The number of nitrogens with zero attached hydrogens (tertiary/aromatic N) is 2. The first kappa shape index (κ1) is 9.62. The zero-order chi connectivity index (χ0) is 10.6. The maximum absolute atomic E-state index is 11.5. The lowest BCUT2D eigenvalue weighted by atomic mass is 9.90. The molecule has 0 aromatic heterocycles. The highest BCUT2D eigenvalue weighted by molar-refractivity contribution is 5.81. The van der Waals surface area contributed by atoms with Gasteiger partial charge in [0.05, 0.1) is 12.6 Å². The van der Waals surface area contributed by atoms with Gasteiger partial charge in [-0.05, 0) is 18.8 Å². The van der Waals surface area contributed by atoms with Crippen molar-refractivity contribution >= 4 is 5.97 Å². The fraction of sp³-hybridized carbons (Fsp3) is 0.900. The average molecular weight is 196 g/mol. The van der Waals surface area contributed by atoms with E-state index in [0.717, 1.165) is 6.42 Å². The first-order valence-electron chi connectivity index (χ1n) is 4.88. The molecule has 0 bridgehead atoms. The maximum atomic E-state index is 11.5. The summed E-state index contributed by atoms with van der Waals surface area (Å²) >= 11 is 0. The summed E-state index contributed by atoms with van der Waals surface area (Å²) < 4.78 is 4.73. The Kier molecular flexibility index (Phi) is 1.62. The van der Waals surface area contributed by atoms with Gasteiger partial charge in [-0.2, -0.15) is 10.2 Å². The summed E-state index contributed by atoms with van der Waals surface area (Å²) in [6, 6.07) is 0. The molecular formula is C10H16N2O2. The molecule has 2 atom stereocenters. The highest BCUT2D eigenvalue weighted by Gasteiger charge is 2.68. The van der Waals surface area contributed by atoms with E-state index in [0.29, 0.717) is 6.42 Å². The topological polar surface area (TPSA) is 51.0 Å². The third-order valence-electron chi connectivity index (χ3n) is 3.59. The minimum atomic E-state index is -0.748. The van der Waals surface area contributed by atoms with Gasteiger partial charge in [-0.15, -0.1) is 0 Å². The van der Waals surface area contributed by atoms with Crippen molar-refractivity contribution in [3.8, 4) is 0 Å². The molecule has 14 heavy (non-hydrogen) atoms. The predicted octanol–water partition coefficient (Wildman–Crippen LogP) is 1.94. The van der Waals surface area contributed by atoms with Crippen LogP contribution in [0.15, 0.2) is 10.2 Å². The summed E-state index contributed by atoms with van der Waals surface area (Å²) in [7, 11) is 1.39. The van der Waals surface area contributed by atoms with E-state index in [9.17, 15) is 4.79 Å². The van der Waals surface area contributed by atoms with Gasteiger partial charge in [-0.1, -0.05) is 13.8 Å². The highest BCUT2D eigenvalue weighted by atomic mass is 16.5. The van der Waals surface area contributed by atoms with Crippen LogP contribution in [0, 0.1) is 5.41 Å². The molecule has 1 aliphatic heterocycles. The third kappa shape index (κ3) is 1.03. The Hall–Kier alpha value is -0.930. The molecule has 78 valence electrons. The van der Waals surface area contributed by atoms with Crippen molar-refractivity contribution in [2.45, 2.75) is 44.7 Å². The Labute approximate surface area is 83.7 Å². The van der Waals surface area contributed by atoms with E-state index >= 15 is 0 Å². The van der Waals surface area contributed by atoms with Crippen molar-refractivity contribution in [1.29, 1.82) is 0 Å². The molecular weight excluding hydrogens is 180 g/mol. The molecule has 1 saturated carbocycles. The number of hydrogen-bond acceptors (Lipinski definition) is 4. The van der Waals surface area contributed by atoms with Gasteiger partial charge < -0.3 is 4.74 Å². The second-order valence-corrected chi connectivity index (χ2v) is 5.23. The Morgan fingerprint density at radius 3 is 2.14 bits per heavy atom. The number of carbonyl (C=O) groups excluding carboxylic acids is 1. The van der Waals surface area contributed by atoms with Crippen molar-refractivity contribution in [3.63, 3.8) is 0 Å². The van der Waals surface area contributed by atoms with Crippen LogP contribution in [0.25, 0.3) is 0 Å². The van der Waals surface area contributed by atoms with Gasteiger partial charge >= 0.3 is 5.97 Å². The summed E-state index contributed by atoms with van der Waals surface area (Å²) in [5.41, 5.74) is -0.638. The van der Waals surface area contributed by atoms with Crippen molar-refractivity contribution in [2.75, 3.05) is 7.11 Å². The molecule has 1 fully saturated rings. The summed E-state index contributed by atoms with van der Waals surface area (Å²) in [4.78, 5) is 11.5. The van der Waals surface area contributed by atoms with E-state index < -0.39 is 5.54 Å². The molecule has 0 unspecified atom stereocenters. The zero-order valence-electron chi connectivity index (χ0n) is 9.13. The van der Waals surface area contributed by atoms with Crippen LogP contribution in [0.2, 0.25) is 0 Å². The monoisotopic (exact) mass is 196 g/mol. The van der Waals surface area contributed by atoms with Crippen LogP contribution in [-0.2, 0) is 9.53 Å². The lowest BCUT2D eigenvalue weighted by molar-refractivity contribution is -0.146. The minimum Gasteiger partial charge on any atom is -0.467 e. The SMILES string of the molecule is COC(=O)[C@]1(C)C[C@]2(CC2(C)C)N=N1. The standard InChI is InChI=1S/C10H16N2O2/c1-8(2)5-10(8)6-9(3,11-12-10)7(13)14-4/h5-6H2,1-4H3/t9-,10-/m0/s1. The van der Waals surface area contributed by atoms with Gasteiger partial charge in [0.1, 0.15) is 0 Å². The van der Waals surface area contributed by atoms with Gasteiger partial charge in [0.2, 0.25) is 0 Å². The number of esters is 1. The van der Waals surface area contributed by atoms with Crippen LogP contribution in [0.4, 0.5) is 0 Å². The fourth-order valence-corrected chi connectivity index (χ4v) is 2.34. The summed E-state index contributed by atoms with van der Waals surface area (Å²) in [6.45, 7) is 6.12. The summed E-state index contributed by atoms with van der Waals surface area (Å²) in [5, 5.41) is 8.38. The number of rotatable bonds is 1. The summed E-state index contributed by atoms with van der Waals surface area (Å²) in [5.74, 6) is -0.277. The number of azo groups is 1. The Morgan fingerprint density at radius 1 is 1.21 bits per heavy atom. The molecule has 2 aliphatic rings. The third-order valence-corrected chi connectivity index (χ3v) is 3.59. The molecule has 0 saturated heterocycles. The van der Waals surface area contributed by atoms with Gasteiger partial charge in [-0.25, -0.2) is 4.79 Å². The van der Waals surface area contributed by atoms with E-state index in [4.69, 9.17) is 4.74 Å². The number of ether oxygens (including phenoxy) is 1. The maximum Gasteiger partial charge on any atom is 0.335 e. The number of carbonyl (C=O) groups is 1. The number of methoxy groups -OCH3 is 1. The van der Waals surface area contributed by atoms with E-state index in [2.05, 4.69) is 24.1 Å². The van der Waals surface area contributed by atoms with Gasteiger partial charge in [0.15, 0.2) is 5.54 Å². The van der Waals surface area contributed by atoms with E-state index in [-0.39, 0.29) is 16.9 Å². The summed E-state index contributed by atoms with van der Waals surface area (Å²) in [6.07, 6.45) is 1.72. The highest BCUT2D eigenvalue weighted by Crippen LogP contribution is 2.65. The molecule has 1 heterocycles. The van der Waals surface area contributed by atoms with Gasteiger partial charge in [-0.3, -0.25) is 0 Å². The van der Waals surface area contributed by atoms with E-state index in [1.807, 2.05) is 0 Å². The molecule has 0 amide bonds. The van der Waals surface area contributed by atoms with E-state index in [1.165, 1.54) is 7.11 Å². The van der Waals surface area contributed by atoms with Gasteiger partial charge in [0.25, 0.3) is 0 Å². The second kappa shape index (κ2) is 2.35. The van der Waals surface area contributed by atoms with Crippen molar-refractivity contribution < 1.29 is 9.53 Å². The van der Waals surface area contributed by atoms with Crippen LogP contribution in [0.3, 0.4) is 0 Å². The lowest BCUT2D eigenvalue weighted by Gasteiger charge is -2.17. The zero-order valence-corrected chi connectivity index (χ0v) is 9.13. The molecule has 1 aliphatic carbocycles. The first-order valence-corrected chi connectivity index (χ1v) is 4.88. The van der Waals surface area contributed by atoms with Crippen LogP contribution < -0.4 is 0 Å². The normalized spacial score (nSPS) is 42.9. The molecule has 2 rings (SSSR count). The fourth-order valence-electron chi connectivity index (χ4n) is 2.34. The quantitative estimate of drug-likeness (QED) is 0.602. The molecule has 0 N–H and O–H groups in total. The Balaban J connectivity index is 2.18. The van der Waals surface area contributed by atoms with Crippen LogP contribution in [-0.4, -0.2) is 24.2 Å². The Bertz CT molecular complexity index is 324. The second-order valence-electron chi connectivity index (χ2n) is 5.23. The van der Waals surface area contributed by atoms with Crippen molar-refractivity contribution in [3.05, 3.63) is 0 Å². The first-order chi connectivity index (χ1) is 6.35. The molecule has 4 heteroatoms. The average Bonchev–Trinajstić information content (AvgIpc) is 2.44. The lowest BCUT2D eigenvalue weighted by Crippen LogP contribution is -2.35. The van der Waals surface area contributed by atoms with Crippen LogP contribution in [0.5, 0.6) is 0 Å². The molecule has 4 nitrogen and oxygen atoms in total. The van der Waals surface area contributed by atoms with Crippen molar-refractivity contribution in [1.82, 2.24) is 0 Å². The van der Waals surface area contributed by atoms with Gasteiger partial charge in [0, 0.05) is 6.42 Å². The molecule has 0 aromatic rings. The largest absolute Gasteiger partial charge is 0.467 e.